The first-order chi connectivity index (χ1) is 20.7. The van der Waals surface area contributed by atoms with Crippen LogP contribution in [0.2, 0.25) is 0 Å². The molecule has 4 saturated carbocycles. The zero-order valence-corrected chi connectivity index (χ0v) is 29.3. The fourth-order valence-electron chi connectivity index (χ4n) is 10.3. The molecule has 244 valence electrons. The summed E-state index contributed by atoms with van der Waals surface area (Å²) in [5.41, 5.74) is 0.0897. The molecule has 4 aliphatic rings. The second-order valence-corrected chi connectivity index (χ2v) is 17.7. The molecular formula is C35H50BrNO6S. The minimum Gasteiger partial charge on any atom is -0.481 e. The number of carbonyl (C=O) groups excluding carboxylic acids is 3. The average molecular weight is 693 g/mol. The Kier molecular flexibility index (Phi) is 10.1. The Balaban J connectivity index is 1.33. The maximum absolute atomic E-state index is 13.5. The maximum atomic E-state index is 13.5. The van der Waals surface area contributed by atoms with E-state index in [-0.39, 0.29) is 65.4 Å². The van der Waals surface area contributed by atoms with Crippen molar-refractivity contribution in [1.82, 2.24) is 5.32 Å². The maximum Gasteiger partial charge on any atom is 0.306 e. The smallest absolute Gasteiger partial charge is 0.306 e. The van der Waals surface area contributed by atoms with Gasteiger partial charge in [-0.3, -0.25) is 19.2 Å². The lowest BCUT2D eigenvalue weighted by Gasteiger charge is -2.62. The van der Waals surface area contributed by atoms with Crippen LogP contribution in [0.15, 0.2) is 15.9 Å². The number of ether oxygens (including phenoxy) is 1. The lowest BCUT2D eigenvalue weighted by Crippen LogP contribution is -2.59. The fraction of sp³-hybridized carbons (Fsp3) is 0.771. The van der Waals surface area contributed by atoms with Gasteiger partial charge in [0.2, 0.25) is 5.91 Å². The van der Waals surface area contributed by atoms with Gasteiger partial charge in [0.05, 0.1) is 22.7 Å². The van der Waals surface area contributed by atoms with E-state index in [1.807, 2.05) is 6.07 Å². The minimum absolute atomic E-state index is 0.0109. The molecule has 1 heterocycles. The summed E-state index contributed by atoms with van der Waals surface area (Å²) in [7, 11) is 0. The van der Waals surface area contributed by atoms with Crippen LogP contribution in [0.1, 0.15) is 116 Å². The first-order valence-electron chi connectivity index (χ1n) is 16.7. The lowest BCUT2D eigenvalue weighted by atomic mass is 9.43. The van der Waals surface area contributed by atoms with Crippen molar-refractivity contribution in [2.24, 2.45) is 52.3 Å². The number of carboxylic acid groups (broad SMARTS) is 1. The molecule has 0 aromatic carbocycles. The number of amides is 1. The number of carboxylic acids is 1. The highest BCUT2D eigenvalue weighted by Gasteiger charge is 2.64. The van der Waals surface area contributed by atoms with E-state index in [1.54, 1.807) is 11.3 Å². The van der Waals surface area contributed by atoms with Gasteiger partial charge in [0, 0.05) is 30.1 Å². The molecule has 4 aliphatic carbocycles. The number of thiophene rings is 1. The SMILES string of the molecule is CC(C)[C@@H](NC(=O)C[C@@H](C)[C@H]1CC[C@H]2[C@@H]3[C@H](OC(=O)CCC(=O)O)C[C@@H]4CC(=O)CC[C@]4(C)[C@H]3CC[C@]12C)c1ccc(Br)s1. The predicted octanol–water partition coefficient (Wildman–Crippen LogP) is 7.96. The summed E-state index contributed by atoms with van der Waals surface area (Å²) >= 11 is 5.23. The molecule has 2 N–H and O–H groups in total. The highest BCUT2D eigenvalue weighted by atomic mass is 79.9. The largest absolute Gasteiger partial charge is 0.481 e. The van der Waals surface area contributed by atoms with Gasteiger partial charge in [0.25, 0.3) is 0 Å². The van der Waals surface area contributed by atoms with Gasteiger partial charge in [0.15, 0.2) is 0 Å². The van der Waals surface area contributed by atoms with E-state index in [1.165, 1.54) is 0 Å². The molecular weight excluding hydrogens is 642 g/mol. The van der Waals surface area contributed by atoms with Crippen LogP contribution in [0.4, 0.5) is 0 Å². The van der Waals surface area contributed by atoms with Crippen molar-refractivity contribution in [3.05, 3.63) is 20.8 Å². The van der Waals surface area contributed by atoms with Crippen molar-refractivity contribution in [2.75, 3.05) is 0 Å². The topological polar surface area (TPSA) is 110 Å². The standard InChI is InChI=1S/C35H50BrNO6S/c1-19(2)33(27-8-9-28(36)44-27)37-29(39)16-20(3)23-6-7-24-32-25(13-15-35(23,24)5)34(4)14-12-22(38)17-21(34)18-26(32)43-31(42)11-10-30(40)41/h8-9,19-21,23-26,32-33H,6-7,10-18H2,1-5H3,(H,37,39)(H,40,41)/t20-,21+,23-,24+,25+,26-,32+,33-,34+,35-/m1/s1. The van der Waals surface area contributed by atoms with E-state index in [9.17, 15) is 19.2 Å². The number of Topliss-reactive ketones (excluding diaryl/α,β-unsaturated/α-hetero) is 1. The van der Waals surface area contributed by atoms with Crippen molar-refractivity contribution in [3.8, 4) is 0 Å². The second kappa shape index (κ2) is 13.2. The molecule has 0 unspecified atom stereocenters. The molecule has 0 bridgehead atoms. The molecule has 7 nitrogen and oxygen atoms in total. The Morgan fingerprint density at radius 1 is 1.07 bits per heavy atom. The molecule has 0 saturated heterocycles. The number of hydrogen-bond acceptors (Lipinski definition) is 6. The highest BCUT2D eigenvalue weighted by molar-refractivity contribution is 9.11. The van der Waals surface area contributed by atoms with Crippen molar-refractivity contribution < 1.29 is 29.0 Å². The van der Waals surface area contributed by atoms with Crippen LogP contribution < -0.4 is 5.32 Å². The normalized spacial score (nSPS) is 36.1. The van der Waals surface area contributed by atoms with Gasteiger partial charge < -0.3 is 15.2 Å². The molecule has 1 aromatic heterocycles. The fourth-order valence-corrected chi connectivity index (χ4v) is 11.9. The number of carbonyl (C=O) groups is 4. The van der Waals surface area contributed by atoms with Crippen molar-refractivity contribution in [3.63, 3.8) is 0 Å². The summed E-state index contributed by atoms with van der Waals surface area (Å²) in [5.74, 6) is 1.02. The van der Waals surface area contributed by atoms with E-state index in [0.717, 1.165) is 40.8 Å². The van der Waals surface area contributed by atoms with Crippen LogP contribution in [-0.4, -0.2) is 34.8 Å². The van der Waals surface area contributed by atoms with Crippen LogP contribution in [0, 0.1) is 52.3 Å². The third-order valence-corrected chi connectivity index (χ3v) is 14.2. The number of rotatable bonds is 10. The molecule has 0 aliphatic heterocycles. The molecule has 1 aromatic rings. The Morgan fingerprint density at radius 2 is 1.80 bits per heavy atom. The number of nitrogens with one attached hydrogen (secondary N) is 1. The van der Waals surface area contributed by atoms with E-state index in [2.05, 4.69) is 61.9 Å². The summed E-state index contributed by atoms with van der Waals surface area (Å²) < 4.78 is 7.25. The number of ketones is 1. The molecule has 10 atom stereocenters. The number of esters is 1. The van der Waals surface area contributed by atoms with E-state index in [4.69, 9.17) is 9.84 Å². The molecule has 0 spiro atoms. The van der Waals surface area contributed by atoms with Crippen molar-refractivity contribution >= 4 is 50.9 Å². The van der Waals surface area contributed by atoms with Gasteiger partial charge in [-0.1, -0.05) is 34.6 Å². The second-order valence-electron chi connectivity index (χ2n) is 15.2. The highest BCUT2D eigenvalue weighted by Crippen LogP contribution is 2.68. The van der Waals surface area contributed by atoms with Gasteiger partial charge in [-0.15, -0.1) is 11.3 Å². The van der Waals surface area contributed by atoms with Crippen LogP contribution in [-0.2, 0) is 23.9 Å². The Bertz CT molecular complexity index is 1260. The Labute approximate surface area is 274 Å². The monoisotopic (exact) mass is 691 g/mol. The predicted molar refractivity (Wildman–Crippen MR) is 174 cm³/mol. The first kappa shape index (κ1) is 33.6. The zero-order valence-electron chi connectivity index (χ0n) is 26.9. The van der Waals surface area contributed by atoms with E-state index in [0.29, 0.717) is 49.2 Å². The third-order valence-electron chi connectivity index (χ3n) is 12.5. The lowest BCUT2D eigenvalue weighted by molar-refractivity contribution is -0.191. The Hall–Kier alpha value is -1.74. The molecule has 1 amide bonds. The quantitative estimate of drug-likeness (QED) is 0.241. The van der Waals surface area contributed by atoms with Crippen LogP contribution >= 0.6 is 27.3 Å². The summed E-state index contributed by atoms with van der Waals surface area (Å²) in [6.07, 6.45) is 6.86. The number of aliphatic carboxylic acids is 1. The third kappa shape index (κ3) is 6.56. The van der Waals surface area contributed by atoms with Gasteiger partial charge >= 0.3 is 11.9 Å². The average Bonchev–Trinajstić information content (AvgIpc) is 3.53. The molecule has 5 rings (SSSR count). The van der Waals surface area contributed by atoms with Crippen LogP contribution in [0.5, 0.6) is 0 Å². The Morgan fingerprint density at radius 3 is 2.45 bits per heavy atom. The summed E-state index contributed by atoms with van der Waals surface area (Å²) in [5, 5.41) is 12.5. The number of hydrogen-bond donors (Lipinski definition) is 2. The van der Waals surface area contributed by atoms with Crippen molar-refractivity contribution in [2.45, 2.75) is 117 Å². The molecule has 9 heteroatoms. The molecule has 0 radical (unpaired) electrons. The van der Waals surface area contributed by atoms with E-state index < -0.39 is 11.9 Å². The van der Waals surface area contributed by atoms with Gasteiger partial charge in [-0.05, 0) is 113 Å². The van der Waals surface area contributed by atoms with Gasteiger partial charge in [-0.2, -0.15) is 0 Å². The number of fused-ring (bicyclic) bond motifs is 5. The van der Waals surface area contributed by atoms with Crippen molar-refractivity contribution in [1.29, 1.82) is 0 Å². The summed E-state index contributed by atoms with van der Waals surface area (Å²) in [4.78, 5) is 51.2. The van der Waals surface area contributed by atoms with Gasteiger partial charge in [0.1, 0.15) is 11.9 Å². The van der Waals surface area contributed by atoms with Crippen LogP contribution in [0.25, 0.3) is 0 Å². The summed E-state index contributed by atoms with van der Waals surface area (Å²) in [6.45, 7) is 11.3. The minimum atomic E-state index is -1.00. The van der Waals surface area contributed by atoms with Gasteiger partial charge in [-0.25, -0.2) is 0 Å². The van der Waals surface area contributed by atoms with E-state index >= 15 is 0 Å². The number of halogens is 1. The summed E-state index contributed by atoms with van der Waals surface area (Å²) in [6, 6.07) is 4.12. The molecule has 44 heavy (non-hydrogen) atoms. The molecule has 4 fully saturated rings. The zero-order chi connectivity index (χ0) is 32.0. The van der Waals surface area contributed by atoms with Crippen LogP contribution in [0.3, 0.4) is 0 Å². The first-order valence-corrected chi connectivity index (χ1v) is 18.3.